The molecule has 96 valence electrons. The Bertz CT molecular complexity index is 560. The third-order valence-corrected chi connectivity index (χ3v) is 3.20. The number of H-pyrrole nitrogens is 1. The summed E-state index contributed by atoms with van der Waals surface area (Å²) in [5.41, 5.74) is 3.47. The molecule has 1 aromatic heterocycles. The molecule has 1 heterocycles. The summed E-state index contributed by atoms with van der Waals surface area (Å²) < 4.78 is 0. The molecule has 4 nitrogen and oxygen atoms in total. The van der Waals surface area contributed by atoms with Gasteiger partial charge in [0.05, 0.1) is 5.92 Å². The lowest BCUT2D eigenvalue weighted by Crippen LogP contribution is -2.26. The van der Waals surface area contributed by atoms with Crippen molar-refractivity contribution in [2.24, 2.45) is 5.92 Å². The van der Waals surface area contributed by atoms with Crippen LogP contribution in [0, 0.1) is 12.8 Å². The van der Waals surface area contributed by atoms with Gasteiger partial charge < -0.3 is 15.4 Å². The first-order valence-electron chi connectivity index (χ1n) is 6.09. The zero-order valence-electron chi connectivity index (χ0n) is 10.7. The number of aryl methyl sites for hydroxylation is 1. The van der Waals surface area contributed by atoms with Crippen LogP contribution in [0.3, 0.4) is 0 Å². The van der Waals surface area contributed by atoms with Crippen LogP contribution in [0.4, 0.5) is 0 Å². The summed E-state index contributed by atoms with van der Waals surface area (Å²) in [7, 11) is 0. The maximum atomic E-state index is 10.7. The second kappa shape index (κ2) is 5.23. The topological polar surface area (TPSA) is 65.1 Å². The number of carboxylic acid groups (broad SMARTS) is 1. The van der Waals surface area contributed by atoms with E-state index in [0.29, 0.717) is 13.1 Å². The van der Waals surface area contributed by atoms with E-state index in [2.05, 4.69) is 16.4 Å². The highest BCUT2D eigenvalue weighted by molar-refractivity contribution is 5.84. The van der Waals surface area contributed by atoms with Crippen molar-refractivity contribution < 1.29 is 9.90 Å². The van der Waals surface area contributed by atoms with E-state index in [0.717, 1.165) is 11.2 Å². The highest BCUT2D eigenvalue weighted by Crippen LogP contribution is 2.21. The smallest absolute Gasteiger partial charge is 0.307 e. The minimum atomic E-state index is -0.766. The molecule has 0 radical (unpaired) electrons. The van der Waals surface area contributed by atoms with Gasteiger partial charge in [0, 0.05) is 29.7 Å². The van der Waals surface area contributed by atoms with Gasteiger partial charge in [-0.05, 0) is 18.6 Å². The molecular formula is C14H18N2O2. The van der Waals surface area contributed by atoms with Crippen LogP contribution in [0.25, 0.3) is 10.9 Å². The Kier molecular flexibility index (Phi) is 3.67. The molecule has 3 N–H and O–H groups in total. The highest BCUT2D eigenvalue weighted by atomic mass is 16.4. The first-order chi connectivity index (χ1) is 8.59. The van der Waals surface area contributed by atoms with Gasteiger partial charge in [0.25, 0.3) is 0 Å². The molecule has 1 unspecified atom stereocenters. The van der Waals surface area contributed by atoms with Gasteiger partial charge in [0.1, 0.15) is 0 Å². The molecule has 1 aromatic carbocycles. The van der Waals surface area contributed by atoms with Crippen LogP contribution in [0.5, 0.6) is 0 Å². The fraction of sp³-hybridized carbons (Fsp3) is 0.357. The molecule has 0 bridgehead atoms. The Morgan fingerprint density at radius 1 is 1.44 bits per heavy atom. The lowest BCUT2D eigenvalue weighted by atomic mass is 10.1. The van der Waals surface area contributed by atoms with Gasteiger partial charge >= 0.3 is 5.97 Å². The van der Waals surface area contributed by atoms with E-state index in [1.807, 2.05) is 25.1 Å². The van der Waals surface area contributed by atoms with Gasteiger partial charge in [-0.15, -0.1) is 0 Å². The summed E-state index contributed by atoms with van der Waals surface area (Å²) in [6.45, 7) is 4.91. The zero-order valence-corrected chi connectivity index (χ0v) is 10.7. The van der Waals surface area contributed by atoms with Crippen LogP contribution in [0.1, 0.15) is 18.2 Å². The Hall–Kier alpha value is -1.81. The van der Waals surface area contributed by atoms with Gasteiger partial charge in [-0.25, -0.2) is 0 Å². The van der Waals surface area contributed by atoms with Crippen LogP contribution in [-0.4, -0.2) is 22.6 Å². The Labute approximate surface area is 106 Å². The van der Waals surface area contributed by atoms with E-state index in [4.69, 9.17) is 5.11 Å². The third kappa shape index (κ3) is 2.54. The van der Waals surface area contributed by atoms with Crippen molar-refractivity contribution in [1.82, 2.24) is 10.3 Å². The van der Waals surface area contributed by atoms with Crippen molar-refractivity contribution in [1.29, 1.82) is 0 Å². The number of hydrogen-bond acceptors (Lipinski definition) is 2. The van der Waals surface area contributed by atoms with Gasteiger partial charge in [0.2, 0.25) is 0 Å². The average Bonchev–Trinajstić information content (AvgIpc) is 2.65. The number of aromatic nitrogens is 1. The maximum absolute atomic E-state index is 10.7. The third-order valence-electron chi connectivity index (χ3n) is 3.20. The van der Waals surface area contributed by atoms with E-state index in [-0.39, 0.29) is 5.92 Å². The summed E-state index contributed by atoms with van der Waals surface area (Å²) in [5.74, 6) is -1.13. The minimum absolute atomic E-state index is 0.365. The number of para-hydroxylation sites is 1. The van der Waals surface area contributed by atoms with Gasteiger partial charge in [-0.3, -0.25) is 4.79 Å². The molecule has 0 amide bonds. The molecule has 1 atom stereocenters. The number of aliphatic carboxylic acids is 1. The maximum Gasteiger partial charge on any atom is 0.307 e. The van der Waals surface area contributed by atoms with E-state index in [9.17, 15) is 4.79 Å². The molecule has 0 saturated carbocycles. The fourth-order valence-electron chi connectivity index (χ4n) is 2.06. The monoisotopic (exact) mass is 246 g/mol. The molecule has 4 heteroatoms. The summed E-state index contributed by atoms with van der Waals surface area (Å²) in [4.78, 5) is 14.1. The molecule has 0 saturated heterocycles. The predicted molar refractivity (Wildman–Crippen MR) is 71.5 cm³/mol. The molecule has 2 aromatic rings. The van der Waals surface area contributed by atoms with Crippen LogP contribution in [0.2, 0.25) is 0 Å². The van der Waals surface area contributed by atoms with Crippen molar-refractivity contribution in [2.45, 2.75) is 20.4 Å². The standard InChI is InChI=1S/C14H18N2O2/c1-9(14(17)18)7-15-8-12-10(2)16-13-6-4-3-5-11(12)13/h3-6,9,15-16H,7-8H2,1-2H3,(H,17,18). The minimum Gasteiger partial charge on any atom is -0.481 e. The predicted octanol–water partition coefficient (Wildman–Crippen LogP) is 2.29. The lowest BCUT2D eigenvalue weighted by Gasteiger charge is -2.08. The Morgan fingerprint density at radius 3 is 2.89 bits per heavy atom. The molecule has 0 spiro atoms. The van der Waals surface area contributed by atoms with Crippen molar-refractivity contribution in [3.8, 4) is 0 Å². The fourth-order valence-corrected chi connectivity index (χ4v) is 2.06. The summed E-state index contributed by atoms with van der Waals surface area (Å²) in [6.07, 6.45) is 0. The summed E-state index contributed by atoms with van der Waals surface area (Å²) in [5, 5.41) is 13.2. The molecule has 0 aliphatic carbocycles. The number of benzene rings is 1. The summed E-state index contributed by atoms with van der Waals surface area (Å²) >= 11 is 0. The average molecular weight is 246 g/mol. The SMILES string of the molecule is Cc1[nH]c2ccccc2c1CNCC(C)C(=O)O. The van der Waals surface area contributed by atoms with Crippen molar-refractivity contribution in [3.63, 3.8) is 0 Å². The van der Waals surface area contributed by atoms with E-state index in [1.54, 1.807) is 6.92 Å². The molecular weight excluding hydrogens is 228 g/mol. The second-order valence-electron chi connectivity index (χ2n) is 4.64. The highest BCUT2D eigenvalue weighted by Gasteiger charge is 2.11. The Morgan fingerprint density at radius 2 is 2.17 bits per heavy atom. The first-order valence-corrected chi connectivity index (χ1v) is 6.09. The van der Waals surface area contributed by atoms with Gasteiger partial charge in [0.15, 0.2) is 0 Å². The zero-order chi connectivity index (χ0) is 13.1. The number of rotatable bonds is 5. The largest absolute Gasteiger partial charge is 0.481 e. The van der Waals surface area contributed by atoms with Crippen molar-refractivity contribution >= 4 is 16.9 Å². The van der Waals surface area contributed by atoms with Gasteiger partial charge in [-0.1, -0.05) is 25.1 Å². The quantitative estimate of drug-likeness (QED) is 0.758. The molecule has 0 fully saturated rings. The van der Waals surface area contributed by atoms with Crippen LogP contribution < -0.4 is 5.32 Å². The van der Waals surface area contributed by atoms with Crippen LogP contribution in [0.15, 0.2) is 24.3 Å². The number of aromatic amines is 1. The van der Waals surface area contributed by atoms with E-state index < -0.39 is 5.97 Å². The molecule has 0 aliphatic heterocycles. The Balaban J connectivity index is 2.08. The second-order valence-corrected chi connectivity index (χ2v) is 4.64. The number of carbonyl (C=O) groups is 1. The molecule has 2 rings (SSSR count). The van der Waals surface area contributed by atoms with Crippen molar-refractivity contribution in [3.05, 3.63) is 35.5 Å². The van der Waals surface area contributed by atoms with Crippen molar-refractivity contribution in [2.75, 3.05) is 6.54 Å². The lowest BCUT2D eigenvalue weighted by molar-refractivity contribution is -0.140. The summed E-state index contributed by atoms with van der Waals surface area (Å²) in [6, 6.07) is 8.14. The van der Waals surface area contributed by atoms with E-state index >= 15 is 0 Å². The van der Waals surface area contributed by atoms with Gasteiger partial charge in [-0.2, -0.15) is 0 Å². The first kappa shape index (κ1) is 12.6. The van der Waals surface area contributed by atoms with Crippen LogP contribution in [-0.2, 0) is 11.3 Å². The normalized spacial score (nSPS) is 12.8. The number of nitrogens with one attached hydrogen (secondary N) is 2. The van der Waals surface area contributed by atoms with E-state index in [1.165, 1.54) is 10.9 Å². The number of hydrogen-bond donors (Lipinski definition) is 3. The van der Waals surface area contributed by atoms with Crippen LogP contribution >= 0.6 is 0 Å². The molecule has 18 heavy (non-hydrogen) atoms. The number of carboxylic acids is 1. The number of fused-ring (bicyclic) bond motifs is 1. The molecule has 0 aliphatic rings.